The summed E-state index contributed by atoms with van der Waals surface area (Å²) in [6, 6.07) is 12.1. The van der Waals surface area contributed by atoms with Crippen molar-refractivity contribution in [3.63, 3.8) is 0 Å². The first-order valence-corrected chi connectivity index (χ1v) is 11.3. The Kier molecular flexibility index (Phi) is 6.38. The normalized spacial score (nSPS) is 14.4. The zero-order chi connectivity index (χ0) is 21.9. The van der Waals surface area contributed by atoms with Gasteiger partial charge >= 0.3 is 0 Å². The molecule has 1 atom stereocenters. The number of carbonyl (C=O) groups excluding carboxylic acids is 1. The molecule has 2 aromatic carbocycles. The minimum Gasteiger partial charge on any atom is -0.454 e. The second-order valence-electron chi connectivity index (χ2n) is 8.32. The minimum absolute atomic E-state index is 0.0169. The number of hydrogen-bond acceptors (Lipinski definition) is 5. The Balaban J connectivity index is 1.51. The van der Waals surface area contributed by atoms with E-state index in [1.165, 1.54) is 0 Å². The molecule has 8 heteroatoms. The Morgan fingerprint density at radius 2 is 1.73 bits per heavy atom. The average Bonchev–Trinajstić information content (AvgIpc) is 3.15. The third kappa shape index (κ3) is 5.31. The predicted molar refractivity (Wildman–Crippen MR) is 114 cm³/mol. The molecule has 162 valence electrons. The van der Waals surface area contributed by atoms with Crippen molar-refractivity contribution in [3.05, 3.63) is 53.6 Å². The largest absolute Gasteiger partial charge is 0.454 e. The zero-order valence-electron chi connectivity index (χ0n) is 17.7. The fraction of sp³-hybridized carbons (Fsp3) is 0.409. The number of nitrogens with one attached hydrogen (secondary N) is 2. The van der Waals surface area contributed by atoms with E-state index in [4.69, 9.17) is 9.47 Å². The van der Waals surface area contributed by atoms with Gasteiger partial charge in [-0.25, -0.2) is 13.1 Å². The van der Waals surface area contributed by atoms with E-state index < -0.39 is 10.0 Å². The van der Waals surface area contributed by atoms with Crippen molar-refractivity contribution < 1.29 is 22.7 Å². The molecule has 3 rings (SSSR count). The summed E-state index contributed by atoms with van der Waals surface area (Å²) in [5, 5.41) is 2.87. The Morgan fingerprint density at radius 1 is 1.07 bits per heavy atom. The van der Waals surface area contributed by atoms with Gasteiger partial charge in [-0.2, -0.15) is 0 Å². The van der Waals surface area contributed by atoms with Crippen molar-refractivity contribution in [1.82, 2.24) is 10.0 Å². The number of benzene rings is 2. The molecule has 1 aliphatic heterocycles. The lowest BCUT2D eigenvalue weighted by Crippen LogP contribution is -2.32. The lowest BCUT2D eigenvalue weighted by Gasteiger charge is -2.19. The number of sulfonamides is 1. The molecule has 0 spiro atoms. The first kappa shape index (κ1) is 22.1. The van der Waals surface area contributed by atoms with E-state index in [9.17, 15) is 13.2 Å². The Morgan fingerprint density at radius 3 is 2.40 bits per heavy atom. The van der Waals surface area contributed by atoms with Crippen LogP contribution < -0.4 is 19.5 Å². The molecule has 1 aliphatic rings. The highest BCUT2D eigenvalue weighted by molar-refractivity contribution is 7.89. The number of carbonyl (C=O) groups is 1. The number of rotatable bonds is 7. The van der Waals surface area contributed by atoms with E-state index in [1.807, 2.05) is 31.2 Å². The van der Waals surface area contributed by atoms with Gasteiger partial charge in [0.25, 0.3) is 0 Å². The van der Waals surface area contributed by atoms with Gasteiger partial charge in [0, 0.05) is 13.0 Å². The highest BCUT2D eigenvalue weighted by atomic mass is 32.2. The van der Waals surface area contributed by atoms with Crippen LogP contribution in [0.15, 0.2) is 47.4 Å². The molecule has 30 heavy (non-hydrogen) atoms. The summed E-state index contributed by atoms with van der Waals surface area (Å²) in [4.78, 5) is 12.4. The molecular formula is C22H28N2O5S. The van der Waals surface area contributed by atoms with Gasteiger partial charge in [0.1, 0.15) is 0 Å². The summed E-state index contributed by atoms with van der Waals surface area (Å²) in [7, 11) is -3.67. The van der Waals surface area contributed by atoms with Crippen LogP contribution >= 0.6 is 0 Å². The van der Waals surface area contributed by atoms with Crippen molar-refractivity contribution in [2.24, 2.45) is 0 Å². The van der Waals surface area contributed by atoms with E-state index >= 15 is 0 Å². The molecule has 0 aliphatic carbocycles. The van der Waals surface area contributed by atoms with E-state index in [2.05, 4.69) is 30.8 Å². The summed E-state index contributed by atoms with van der Waals surface area (Å²) in [5.41, 5.74) is 1.88. The van der Waals surface area contributed by atoms with Crippen LogP contribution in [0.5, 0.6) is 11.5 Å². The zero-order valence-corrected chi connectivity index (χ0v) is 18.5. The molecule has 1 unspecified atom stereocenters. The molecule has 0 fully saturated rings. The Labute approximate surface area is 177 Å². The minimum atomic E-state index is -3.67. The van der Waals surface area contributed by atoms with Gasteiger partial charge in [-0.3, -0.25) is 4.79 Å². The average molecular weight is 433 g/mol. The van der Waals surface area contributed by atoms with Gasteiger partial charge in [-0.15, -0.1) is 0 Å². The smallest absolute Gasteiger partial charge is 0.240 e. The van der Waals surface area contributed by atoms with Gasteiger partial charge in [0.15, 0.2) is 11.5 Å². The third-order valence-electron chi connectivity index (χ3n) is 4.95. The summed E-state index contributed by atoms with van der Waals surface area (Å²) < 4.78 is 38.0. The van der Waals surface area contributed by atoms with Gasteiger partial charge in [-0.1, -0.05) is 39.0 Å². The van der Waals surface area contributed by atoms with Crippen LogP contribution in [-0.2, 0) is 20.2 Å². The van der Waals surface area contributed by atoms with E-state index in [1.54, 1.807) is 18.2 Å². The summed E-state index contributed by atoms with van der Waals surface area (Å²) >= 11 is 0. The quantitative estimate of drug-likeness (QED) is 0.700. The van der Waals surface area contributed by atoms with Crippen LogP contribution in [-0.4, -0.2) is 27.7 Å². The fourth-order valence-electron chi connectivity index (χ4n) is 3.10. The molecular weight excluding hydrogens is 404 g/mol. The maximum atomic E-state index is 12.5. The van der Waals surface area contributed by atoms with Crippen molar-refractivity contribution in [1.29, 1.82) is 0 Å². The highest BCUT2D eigenvalue weighted by Gasteiger charge is 2.19. The van der Waals surface area contributed by atoms with Crippen LogP contribution in [0.2, 0.25) is 0 Å². The lowest BCUT2D eigenvalue weighted by atomic mass is 9.87. The van der Waals surface area contributed by atoms with E-state index in [0.717, 1.165) is 11.1 Å². The maximum absolute atomic E-state index is 12.5. The molecule has 1 heterocycles. The van der Waals surface area contributed by atoms with Gasteiger partial charge in [0.05, 0.1) is 10.9 Å². The molecule has 0 bridgehead atoms. The van der Waals surface area contributed by atoms with Crippen molar-refractivity contribution in [2.45, 2.75) is 50.5 Å². The molecule has 0 saturated carbocycles. The molecule has 0 saturated heterocycles. The van der Waals surface area contributed by atoms with E-state index in [0.29, 0.717) is 11.5 Å². The number of amides is 1. The Hall–Kier alpha value is -2.58. The third-order valence-corrected chi connectivity index (χ3v) is 6.43. The number of hydrogen-bond donors (Lipinski definition) is 2. The van der Waals surface area contributed by atoms with Crippen LogP contribution in [0.4, 0.5) is 0 Å². The lowest BCUT2D eigenvalue weighted by molar-refractivity contribution is -0.121. The molecule has 0 radical (unpaired) electrons. The number of ether oxygens (including phenoxy) is 2. The van der Waals surface area contributed by atoms with Gasteiger partial charge in [0.2, 0.25) is 22.7 Å². The molecule has 0 aromatic heterocycles. The van der Waals surface area contributed by atoms with Crippen LogP contribution in [0.3, 0.4) is 0 Å². The Bertz CT molecular complexity index is 1010. The van der Waals surface area contributed by atoms with Crippen LogP contribution in [0.1, 0.15) is 51.3 Å². The van der Waals surface area contributed by atoms with Crippen LogP contribution in [0.25, 0.3) is 0 Å². The first-order chi connectivity index (χ1) is 14.1. The van der Waals surface area contributed by atoms with Crippen molar-refractivity contribution >= 4 is 15.9 Å². The van der Waals surface area contributed by atoms with Crippen molar-refractivity contribution in [3.8, 4) is 11.5 Å². The maximum Gasteiger partial charge on any atom is 0.240 e. The van der Waals surface area contributed by atoms with Crippen molar-refractivity contribution in [2.75, 3.05) is 13.3 Å². The van der Waals surface area contributed by atoms with E-state index in [-0.39, 0.29) is 42.0 Å². The second kappa shape index (κ2) is 8.65. The second-order valence-corrected chi connectivity index (χ2v) is 10.1. The standard InChI is InChI=1S/C22H28N2O5S/c1-15(16-5-10-19-20(13-16)29-14-28-19)24-21(25)11-12-23-30(26,27)18-8-6-17(7-9-18)22(2,3)4/h5-10,13,15,23H,11-12,14H2,1-4H3,(H,24,25). The van der Waals surface area contributed by atoms with Gasteiger partial charge < -0.3 is 14.8 Å². The molecule has 1 amide bonds. The highest BCUT2D eigenvalue weighted by Crippen LogP contribution is 2.34. The molecule has 2 N–H and O–H groups in total. The SMILES string of the molecule is CC(NC(=O)CCNS(=O)(=O)c1ccc(C(C)(C)C)cc1)c1ccc2c(c1)OCO2. The van der Waals surface area contributed by atoms with Crippen LogP contribution in [0, 0.1) is 0 Å². The molecule has 2 aromatic rings. The fourth-order valence-corrected chi connectivity index (χ4v) is 4.13. The summed E-state index contributed by atoms with van der Waals surface area (Å²) in [6.45, 7) is 8.27. The summed E-state index contributed by atoms with van der Waals surface area (Å²) in [5.74, 6) is 1.09. The van der Waals surface area contributed by atoms with Gasteiger partial charge in [-0.05, 0) is 47.7 Å². The first-order valence-electron chi connectivity index (χ1n) is 9.85. The number of fused-ring (bicyclic) bond motifs is 1. The monoisotopic (exact) mass is 432 g/mol. The predicted octanol–water partition coefficient (Wildman–Crippen LogP) is 3.26. The topological polar surface area (TPSA) is 93.7 Å². The summed E-state index contributed by atoms with van der Waals surface area (Å²) in [6.07, 6.45) is 0.0359. The molecule has 7 nitrogen and oxygen atoms in total.